The number of anilines is 2. The van der Waals surface area contributed by atoms with Gasteiger partial charge in [0.1, 0.15) is 5.75 Å². The van der Waals surface area contributed by atoms with Gasteiger partial charge in [0, 0.05) is 5.56 Å². The van der Waals surface area contributed by atoms with Crippen LogP contribution in [0.2, 0.25) is 0 Å². The molecule has 0 radical (unpaired) electrons. The zero-order valence-corrected chi connectivity index (χ0v) is 18.5. The Kier molecular flexibility index (Phi) is 6.25. The van der Waals surface area contributed by atoms with Gasteiger partial charge in [0.05, 0.1) is 22.0 Å². The van der Waals surface area contributed by atoms with Crippen LogP contribution in [0.25, 0.3) is 11.1 Å². The van der Waals surface area contributed by atoms with Crippen molar-refractivity contribution in [3.05, 3.63) is 95.2 Å². The van der Waals surface area contributed by atoms with Crippen LogP contribution in [-0.4, -0.2) is 19.6 Å². The number of carbonyl (C=O) groups excluding carboxylic acids is 1. The van der Waals surface area contributed by atoms with E-state index in [1.807, 2.05) is 22.9 Å². The maximum atomic E-state index is 13.0. The molecule has 0 atom stereocenters. The third kappa shape index (κ3) is 4.99. The summed E-state index contributed by atoms with van der Waals surface area (Å²) in [5, 5.41) is 19.0. The summed E-state index contributed by atoms with van der Waals surface area (Å²) in [5.74, 6) is -0.213. The first-order valence-corrected chi connectivity index (χ1v) is 12.3. The van der Waals surface area contributed by atoms with E-state index in [9.17, 15) is 18.3 Å². The van der Waals surface area contributed by atoms with Crippen LogP contribution in [0.5, 0.6) is 5.75 Å². The number of rotatable bonds is 6. The van der Waals surface area contributed by atoms with E-state index < -0.39 is 15.9 Å². The predicted octanol–water partition coefficient (Wildman–Crippen LogP) is 5.74. The molecule has 0 bridgehead atoms. The number of benzene rings is 3. The summed E-state index contributed by atoms with van der Waals surface area (Å²) in [6, 6.07) is 21.3. The van der Waals surface area contributed by atoms with Crippen LogP contribution in [-0.2, 0) is 15.6 Å². The van der Waals surface area contributed by atoms with Crippen LogP contribution < -0.4 is 10.6 Å². The van der Waals surface area contributed by atoms with Gasteiger partial charge in [-0.3, -0.25) is 0 Å². The van der Waals surface area contributed by atoms with Crippen LogP contribution in [0, 0.1) is 0 Å². The minimum atomic E-state index is -3.63. The molecule has 4 rings (SSSR count). The van der Waals surface area contributed by atoms with Crippen molar-refractivity contribution in [2.24, 2.45) is 0 Å². The van der Waals surface area contributed by atoms with E-state index >= 15 is 0 Å². The summed E-state index contributed by atoms with van der Waals surface area (Å²) in [7, 11) is -3.63. The monoisotopic (exact) mass is 464 g/mol. The Morgan fingerprint density at radius 1 is 0.875 bits per heavy atom. The number of hydrogen-bond acceptors (Lipinski definition) is 5. The van der Waals surface area contributed by atoms with Crippen LogP contribution in [0.4, 0.5) is 16.2 Å². The highest BCUT2D eigenvalue weighted by Crippen LogP contribution is 2.33. The zero-order chi connectivity index (χ0) is 22.6. The number of carbonyl (C=O) groups is 1. The van der Waals surface area contributed by atoms with Crippen molar-refractivity contribution in [3.8, 4) is 16.9 Å². The lowest BCUT2D eigenvalue weighted by Gasteiger charge is -2.14. The van der Waals surface area contributed by atoms with Gasteiger partial charge in [-0.2, -0.15) is 11.3 Å². The van der Waals surface area contributed by atoms with E-state index in [1.165, 1.54) is 23.5 Å². The van der Waals surface area contributed by atoms with E-state index in [1.54, 1.807) is 54.6 Å². The van der Waals surface area contributed by atoms with Gasteiger partial charge in [0.2, 0.25) is 0 Å². The number of thiophene rings is 1. The van der Waals surface area contributed by atoms with Gasteiger partial charge in [0.25, 0.3) is 0 Å². The second-order valence-corrected chi connectivity index (χ2v) is 9.83. The molecule has 4 aromatic rings. The topological polar surface area (TPSA) is 95.5 Å². The Hall–Kier alpha value is -3.62. The fourth-order valence-corrected chi connectivity index (χ4v) is 5.25. The van der Waals surface area contributed by atoms with Gasteiger partial charge in [0.15, 0.2) is 9.84 Å². The first-order chi connectivity index (χ1) is 15.4. The molecule has 1 heterocycles. The molecule has 0 spiro atoms. The second-order valence-electron chi connectivity index (χ2n) is 7.06. The highest BCUT2D eigenvalue weighted by molar-refractivity contribution is 7.90. The Labute approximate surface area is 190 Å². The van der Waals surface area contributed by atoms with Gasteiger partial charge in [-0.05, 0) is 52.2 Å². The van der Waals surface area contributed by atoms with Crippen molar-refractivity contribution in [1.29, 1.82) is 0 Å². The Morgan fingerprint density at radius 2 is 1.59 bits per heavy atom. The lowest BCUT2D eigenvalue weighted by atomic mass is 10.1. The maximum Gasteiger partial charge on any atom is 0.323 e. The zero-order valence-electron chi connectivity index (χ0n) is 16.9. The number of urea groups is 1. The van der Waals surface area contributed by atoms with Crippen LogP contribution >= 0.6 is 11.3 Å². The summed E-state index contributed by atoms with van der Waals surface area (Å²) < 4.78 is 26.0. The van der Waals surface area contributed by atoms with Gasteiger partial charge in [-0.25, -0.2) is 13.2 Å². The molecule has 0 fully saturated rings. The highest BCUT2D eigenvalue weighted by Gasteiger charge is 2.19. The van der Waals surface area contributed by atoms with E-state index in [4.69, 9.17) is 0 Å². The summed E-state index contributed by atoms with van der Waals surface area (Å²) in [5.41, 5.74) is 2.83. The molecule has 6 nitrogen and oxygen atoms in total. The average Bonchev–Trinajstić information content (AvgIpc) is 3.30. The summed E-state index contributed by atoms with van der Waals surface area (Å²) in [6.45, 7) is 0. The standard InChI is InChI=1S/C24H20N2O4S2/c27-23-9-5-4-8-21(23)25-24(28)26-22-14-19(10-11-20(22)18-12-13-31-15-18)32(29,30)16-17-6-2-1-3-7-17/h1-15,27H,16H2,(H2,25,26,28). The molecular formula is C24H20N2O4S2. The number of aromatic hydroxyl groups is 1. The van der Waals surface area contributed by atoms with Crippen LogP contribution in [0.15, 0.2) is 94.5 Å². The van der Waals surface area contributed by atoms with E-state index in [-0.39, 0.29) is 22.1 Å². The minimum absolute atomic E-state index is 0.0695. The van der Waals surface area contributed by atoms with Crippen molar-refractivity contribution in [3.63, 3.8) is 0 Å². The quantitative estimate of drug-likeness (QED) is 0.317. The maximum absolute atomic E-state index is 13.0. The molecule has 32 heavy (non-hydrogen) atoms. The molecule has 0 unspecified atom stereocenters. The Bertz CT molecular complexity index is 1340. The minimum Gasteiger partial charge on any atom is -0.506 e. The molecule has 0 saturated carbocycles. The number of amides is 2. The lowest BCUT2D eigenvalue weighted by Crippen LogP contribution is -2.20. The number of hydrogen-bond donors (Lipinski definition) is 3. The van der Waals surface area contributed by atoms with Crippen molar-refractivity contribution in [1.82, 2.24) is 0 Å². The van der Waals surface area contributed by atoms with Crippen molar-refractivity contribution >= 4 is 38.6 Å². The molecule has 0 saturated heterocycles. The van der Waals surface area contributed by atoms with Gasteiger partial charge < -0.3 is 15.7 Å². The third-order valence-electron chi connectivity index (χ3n) is 4.78. The fourth-order valence-electron chi connectivity index (χ4n) is 3.22. The van der Waals surface area contributed by atoms with E-state index in [0.29, 0.717) is 16.8 Å². The second kappa shape index (κ2) is 9.25. The molecular weight excluding hydrogens is 444 g/mol. The predicted molar refractivity (Wildman–Crippen MR) is 128 cm³/mol. The van der Waals surface area contributed by atoms with E-state index in [0.717, 1.165) is 5.56 Å². The molecule has 0 aliphatic carbocycles. The van der Waals surface area contributed by atoms with Gasteiger partial charge >= 0.3 is 6.03 Å². The van der Waals surface area contributed by atoms with E-state index in [2.05, 4.69) is 10.6 Å². The molecule has 8 heteroatoms. The van der Waals surface area contributed by atoms with Gasteiger partial charge in [-0.15, -0.1) is 0 Å². The number of phenolic OH excluding ortho intramolecular Hbond substituents is 1. The fraction of sp³-hybridized carbons (Fsp3) is 0.0417. The lowest BCUT2D eigenvalue weighted by molar-refractivity contribution is 0.262. The first kappa shape index (κ1) is 21.6. The molecule has 2 amide bonds. The number of nitrogens with one attached hydrogen (secondary N) is 2. The first-order valence-electron chi connectivity index (χ1n) is 9.72. The molecule has 3 aromatic carbocycles. The smallest absolute Gasteiger partial charge is 0.323 e. The number of phenols is 1. The number of para-hydroxylation sites is 2. The van der Waals surface area contributed by atoms with Crippen molar-refractivity contribution in [2.45, 2.75) is 10.6 Å². The molecule has 162 valence electrons. The average molecular weight is 465 g/mol. The molecule has 3 N–H and O–H groups in total. The number of sulfone groups is 1. The van der Waals surface area contributed by atoms with Crippen molar-refractivity contribution in [2.75, 3.05) is 10.6 Å². The summed E-state index contributed by atoms with van der Waals surface area (Å²) in [6.07, 6.45) is 0. The molecule has 0 aliphatic rings. The third-order valence-corrected chi connectivity index (χ3v) is 7.15. The Balaban J connectivity index is 1.66. The van der Waals surface area contributed by atoms with Crippen LogP contribution in [0.1, 0.15) is 5.56 Å². The molecule has 1 aromatic heterocycles. The highest BCUT2D eigenvalue weighted by atomic mass is 32.2. The van der Waals surface area contributed by atoms with Crippen molar-refractivity contribution < 1.29 is 18.3 Å². The SMILES string of the molecule is O=C(Nc1ccccc1O)Nc1cc(S(=O)(=O)Cc2ccccc2)ccc1-c1ccsc1. The molecule has 0 aliphatic heterocycles. The Morgan fingerprint density at radius 3 is 2.31 bits per heavy atom. The largest absolute Gasteiger partial charge is 0.506 e. The summed E-state index contributed by atoms with van der Waals surface area (Å²) in [4.78, 5) is 12.7. The van der Waals surface area contributed by atoms with Crippen LogP contribution in [0.3, 0.4) is 0 Å². The van der Waals surface area contributed by atoms with Gasteiger partial charge in [-0.1, -0.05) is 48.5 Å². The summed E-state index contributed by atoms with van der Waals surface area (Å²) >= 11 is 1.50. The normalized spacial score (nSPS) is 11.1.